The second-order valence-electron chi connectivity index (χ2n) is 2.88. The molecule has 0 aromatic heterocycles. The molecule has 86 valence electrons. The number of methoxy groups -OCH3 is 1. The first-order valence-corrected chi connectivity index (χ1v) is 4.48. The Hall–Kier alpha value is -2.24. The third kappa shape index (κ3) is 3.87. The third-order valence-electron chi connectivity index (χ3n) is 1.69. The third-order valence-corrected chi connectivity index (χ3v) is 1.69. The van der Waals surface area contributed by atoms with Crippen molar-refractivity contribution < 1.29 is 19.1 Å². The molecule has 0 saturated carbocycles. The van der Waals surface area contributed by atoms with Gasteiger partial charge in [-0.25, -0.2) is 9.59 Å². The fourth-order valence-electron chi connectivity index (χ4n) is 1.01. The topological polar surface area (TPSA) is 90.7 Å². The minimum absolute atomic E-state index is 0.184. The molecule has 0 atom stereocenters. The molecule has 2 amide bonds. The Morgan fingerprint density at radius 1 is 1.44 bits per heavy atom. The van der Waals surface area contributed by atoms with E-state index in [1.807, 2.05) is 0 Å². The van der Waals surface area contributed by atoms with E-state index in [4.69, 9.17) is 10.5 Å². The number of benzene rings is 1. The molecule has 0 saturated heterocycles. The number of hydrogen-bond donors (Lipinski definition) is 2. The maximum absolute atomic E-state index is 10.8. The zero-order valence-electron chi connectivity index (χ0n) is 8.73. The summed E-state index contributed by atoms with van der Waals surface area (Å²) in [6.45, 7) is -0.184. The molecule has 1 aromatic carbocycles. The van der Waals surface area contributed by atoms with Crippen molar-refractivity contribution in [2.75, 3.05) is 19.0 Å². The zero-order valence-corrected chi connectivity index (χ0v) is 8.73. The molecule has 0 spiro atoms. The average Bonchev–Trinajstić information content (AvgIpc) is 2.25. The van der Waals surface area contributed by atoms with Gasteiger partial charge in [-0.1, -0.05) is 6.07 Å². The number of primary amides is 1. The molecule has 0 bridgehead atoms. The molecule has 0 radical (unpaired) electrons. The summed E-state index contributed by atoms with van der Waals surface area (Å²) >= 11 is 0. The van der Waals surface area contributed by atoms with Crippen molar-refractivity contribution in [3.05, 3.63) is 24.3 Å². The number of hydrogen-bond acceptors (Lipinski definition) is 4. The highest BCUT2D eigenvalue weighted by Crippen LogP contribution is 2.16. The van der Waals surface area contributed by atoms with Crippen LogP contribution in [-0.2, 0) is 9.53 Å². The quantitative estimate of drug-likeness (QED) is 0.737. The summed E-state index contributed by atoms with van der Waals surface area (Å²) in [6, 6.07) is 5.85. The number of rotatable bonds is 4. The molecular formula is C10H12N2O4. The van der Waals surface area contributed by atoms with Crippen LogP contribution in [0.25, 0.3) is 0 Å². The predicted molar refractivity (Wildman–Crippen MR) is 57.2 cm³/mol. The summed E-state index contributed by atoms with van der Waals surface area (Å²) in [4.78, 5) is 21.4. The van der Waals surface area contributed by atoms with E-state index in [1.165, 1.54) is 7.11 Å². The van der Waals surface area contributed by atoms with Crippen molar-refractivity contribution >= 4 is 17.7 Å². The fourth-order valence-corrected chi connectivity index (χ4v) is 1.01. The van der Waals surface area contributed by atoms with Crippen LogP contribution in [0, 0.1) is 0 Å². The lowest BCUT2D eigenvalue weighted by molar-refractivity contribution is -0.142. The molecular weight excluding hydrogens is 212 g/mol. The van der Waals surface area contributed by atoms with E-state index in [0.717, 1.165) is 0 Å². The van der Waals surface area contributed by atoms with Crippen LogP contribution in [0.3, 0.4) is 0 Å². The van der Waals surface area contributed by atoms with Crippen LogP contribution in [0.15, 0.2) is 24.3 Å². The first kappa shape index (κ1) is 11.8. The van der Waals surface area contributed by atoms with Gasteiger partial charge in [0, 0.05) is 11.8 Å². The summed E-state index contributed by atoms with van der Waals surface area (Å²) in [5.74, 6) is -0.0371. The monoisotopic (exact) mass is 224 g/mol. The zero-order chi connectivity index (χ0) is 12.0. The van der Waals surface area contributed by atoms with Gasteiger partial charge in [-0.05, 0) is 12.1 Å². The van der Waals surface area contributed by atoms with E-state index >= 15 is 0 Å². The van der Waals surface area contributed by atoms with Gasteiger partial charge in [0.15, 0.2) is 6.61 Å². The lowest BCUT2D eigenvalue weighted by Gasteiger charge is -2.06. The molecule has 0 aliphatic heterocycles. The second kappa shape index (κ2) is 5.59. The molecule has 1 aromatic rings. The number of carbonyl (C=O) groups is 2. The van der Waals surface area contributed by atoms with E-state index < -0.39 is 12.0 Å². The van der Waals surface area contributed by atoms with Crippen molar-refractivity contribution in [2.24, 2.45) is 5.73 Å². The van der Waals surface area contributed by atoms with Crippen molar-refractivity contribution in [2.45, 2.75) is 0 Å². The Morgan fingerprint density at radius 2 is 2.19 bits per heavy atom. The van der Waals surface area contributed by atoms with Crippen LogP contribution in [0.2, 0.25) is 0 Å². The van der Waals surface area contributed by atoms with Gasteiger partial charge in [-0.3, -0.25) is 0 Å². The van der Waals surface area contributed by atoms with Gasteiger partial charge < -0.3 is 20.5 Å². The minimum atomic E-state index is -0.662. The van der Waals surface area contributed by atoms with Gasteiger partial charge in [-0.15, -0.1) is 0 Å². The van der Waals surface area contributed by atoms with Crippen LogP contribution in [0.5, 0.6) is 5.75 Å². The molecule has 6 heteroatoms. The van der Waals surface area contributed by atoms with E-state index in [-0.39, 0.29) is 6.61 Å². The van der Waals surface area contributed by atoms with Gasteiger partial charge >= 0.3 is 12.0 Å². The van der Waals surface area contributed by atoms with Crippen LogP contribution in [0.4, 0.5) is 10.5 Å². The maximum atomic E-state index is 10.8. The van der Waals surface area contributed by atoms with Gasteiger partial charge in [0.2, 0.25) is 0 Å². The average molecular weight is 224 g/mol. The highest BCUT2D eigenvalue weighted by Gasteiger charge is 2.03. The standard InChI is InChI=1S/C10H12N2O4/c1-15-9(13)6-16-8-4-2-3-7(5-8)12-10(11)14/h2-5H,6H2,1H3,(H3,11,12,14). The number of urea groups is 1. The Morgan fingerprint density at radius 3 is 2.81 bits per heavy atom. The van der Waals surface area contributed by atoms with Crippen molar-refractivity contribution in [1.82, 2.24) is 0 Å². The summed E-state index contributed by atoms with van der Waals surface area (Å²) < 4.78 is 9.53. The van der Waals surface area contributed by atoms with Gasteiger partial charge in [0.1, 0.15) is 5.75 Å². The largest absolute Gasteiger partial charge is 0.482 e. The molecule has 0 aliphatic carbocycles. The van der Waals surface area contributed by atoms with Gasteiger partial charge in [0.05, 0.1) is 7.11 Å². The molecule has 0 unspecified atom stereocenters. The highest BCUT2D eigenvalue weighted by atomic mass is 16.6. The highest BCUT2D eigenvalue weighted by molar-refractivity contribution is 5.87. The molecule has 1 rings (SSSR count). The maximum Gasteiger partial charge on any atom is 0.343 e. The Bertz CT molecular complexity index is 392. The summed E-state index contributed by atoms with van der Waals surface area (Å²) in [5.41, 5.74) is 5.45. The second-order valence-corrected chi connectivity index (χ2v) is 2.88. The number of amides is 2. The molecule has 0 fully saturated rings. The number of carbonyl (C=O) groups excluding carboxylic acids is 2. The number of ether oxygens (including phenoxy) is 2. The molecule has 0 heterocycles. The predicted octanol–water partition coefficient (Wildman–Crippen LogP) is 0.729. The van der Waals surface area contributed by atoms with Crippen LogP contribution in [0.1, 0.15) is 0 Å². The molecule has 3 N–H and O–H groups in total. The number of nitrogens with one attached hydrogen (secondary N) is 1. The van der Waals surface area contributed by atoms with Crippen LogP contribution in [-0.4, -0.2) is 25.7 Å². The Kier molecular flexibility index (Phi) is 4.14. The Balaban J connectivity index is 2.60. The van der Waals surface area contributed by atoms with Gasteiger partial charge in [0.25, 0.3) is 0 Å². The first-order chi connectivity index (χ1) is 7.61. The summed E-state index contributed by atoms with van der Waals surface area (Å²) in [6.07, 6.45) is 0. The smallest absolute Gasteiger partial charge is 0.343 e. The minimum Gasteiger partial charge on any atom is -0.482 e. The van der Waals surface area contributed by atoms with Crippen LogP contribution >= 0.6 is 0 Å². The molecule has 6 nitrogen and oxygen atoms in total. The van der Waals surface area contributed by atoms with E-state index in [0.29, 0.717) is 11.4 Å². The number of anilines is 1. The van der Waals surface area contributed by atoms with Gasteiger partial charge in [-0.2, -0.15) is 0 Å². The lowest BCUT2D eigenvalue weighted by atomic mass is 10.3. The van der Waals surface area contributed by atoms with Crippen LogP contribution < -0.4 is 15.8 Å². The lowest BCUT2D eigenvalue weighted by Crippen LogP contribution is -2.19. The number of esters is 1. The Labute approximate surface area is 92.3 Å². The SMILES string of the molecule is COC(=O)COc1cccc(NC(N)=O)c1. The molecule has 0 aliphatic rings. The number of nitrogens with two attached hydrogens (primary N) is 1. The van der Waals surface area contributed by atoms with E-state index in [9.17, 15) is 9.59 Å². The summed E-state index contributed by atoms with van der Waals surface area (Å²) in [5, 5.41) is 2.39. The fraction of sp³-hybridized carbons (Fsp3) is 0.200. The van der Waals surface area contributed by atoms with E-state index in [2.05, 4.69) is 10.1 Å². The molecule has 16 heavy (non-hydrogen) atoms. The van der Waals surface area contributed by atoms with Crippen molar-refractivity contribution in [3.63, 3.8) is 0 Å². The van der Waals surface area contributed by atoms with Crippen molar-refractivity contribution in [3.8, 4) is 5.75 Å². The normalized spacial score (nSPS) is 9.31. The van der Waals surface area contributed by atoms with E-state index in [1.54, 1.807) is 24.3 Å². The van der Waals surface area contributed by atoms with Crippen molar-refractivity contribution in [1.29, 1.82) is 0 Å². The summed E-state index contributed by atoms with van der Waals surface area (Å²) in [7, 11) is 1.27. The first-order valence-electron chi connectivity index (χ1n) is 4.48.